The first-order valence-corrected chi connectivity index (χ1v) is 12.4. The highest BCUT2D eigenvalue weighted by molar-refractivity contribution is 7.90. The SMILES string of the molecule is [O-][S+]1Cc2ccccc2N(CC2CCCN2CCc2ccc(O)cc2)c2ccccc21. The Kier molecular flexibility index (Phi) is 5.90. The lowest BCUT2D eigenvalue weighted by Gasteiger charge is -2.32. The van der Waals surface area contributed by atoms with Crippen LogP contribution in [0.3, 0.4) is 0 Å². The van der Waals surface area contributed by atoms with Crippen molar-refractivity contribution in [3.05, 3.63) is 83.9 Å². The smallest absolute Gasteiger partial charge is 0.176 e. The number of hydrogen-bond donors (Lipinski definition) is 1. The molecule has 0 radical (unpaired) electrons. The molecule has 2 heterocycles. The van der Waals surface area contributed by atoms with Crippen molar-refractivity contribution in [1.29, 1.82) is 0 Å². The number of phenolic OH excluding ortho intramolecular Hbond substituents is 1. The molecule has 31 heavy (non-hydrogen) atoms. The maximum atomic E-state index is 13.1. The predicted octanol–water partition coefficient (Wildman–Crippen LogP) is 4.86. The average molecular weight is 433 g/mol. The lowest BCUT2D eigenvalue weighted by molar-refractivity contribution is 0.261. The molecule has 2 aliphatic heterocycles. The number of aromatic hydroxyl groups is 1. The van der Waals surface area contributed by atoms with Gasteiger partial charge in [0.1, 0.15) is 11.5 Å². The number of benzene rings is 3. The second-order valence-corrected chi connectivity index (χ2v) is 9.86. The molecule has 5 heteroatoms. The zero-order valence-electron chi connectivity index (χ0n) is 17.6. The van der Waals surface area contributed by atoms with Gasteiger partial charge in [-0.3, -0.25) is 4.90 Å². The monoisotopic (exact) mass is 432 g/mol. The summed E-state index contributed by atoms with van der Waals surface area (Å²) in [6.07, 6.45) is 3.37. The normalized spacial score (nSPS) is 20.9. The highest BCUT2D eigenvalue weighted by Crippen LogP contribution is 2.40. The van der Waals surface area contributed by atoms with E-state index in [4.69, 9.17) is 0 Å². The highest BCUT2D eigenvalue weighted by atomic mass is 32.2. The van der Waals surface area contributed by atoms with Gasteiger partial charge in [-0.2, -0.15) is 0 Å². The van der Waals surface area contributed by atoms with Gasteiger partial charge in [-0.15, -0.1) is 0 Å². The van der Waals surface area contributed by atoms with E-state index in [1.807, 2.05) is 36.4 Å². The Hall–Kier alpha value is -2.47. The first-order chi connectivity index (χ1) is 15.2. The van der Waals surface area contributed by atoms with Gasteiger partial charge in [-0.05, 0) is 72.9 Å². The van der Waals surface area contributed by atoms with Crippen LogP contribution >= 0.6 is 0 Å². The van der Waals surface area contributed by atoms with Crippen molar-refractivity contribution >= 4 is 22.6 Å². The summed E-state index contributed by atoms with van der Waals surface area (Å²) in [6, 6.07) is 24.6. The van der Waals surface area contributed by atoms with Gasteiger partial charge in [0.25, 0.3) is 0 Å². The van der Waals surface area contributed by atoms with Crippen molar-refractivity contribution in [3.8, 4) is 5.75 Å². The van der Waals surface area contributed by atoms with Gasteiger partial charge in [-0.1, -0.05) is 42.5 Å². The van der Waals surface area contributed by atoms with Crippen LogP contribution in [0.2, 0.25) is 0 Å². The Balaban J connectivity index is 1.39. The third-order valence-electron chi connectivity index (χ3n) is 6.49. The van der Waals surface area contributed by atoms with Crippen LogP contribution in [0.25, 0.3) is 0 Å². The molecule has 160 valence electrons. The second-order valence-electron chi connectivity index (χ2n) is 8.45. The molecule has 1 saturated heterocycles. The van der Waals surface area contributed by atoms with E-state index in [9.17, 15) is 9.66 Å². The van der Waals surface area contributed by atoms with Gasteiger partial charge in [-0.25, -0.2) is 0 Å². The van der Waals surface area contributed by atoms with Gasteiger partial charge in [0.15, 0.2) is 4.90 Å². The minimum Gasteiger partial charge on any atom is -0.611 e. The lowest BCUT2D eigenvalue weighted by Crippen LogP contribution is -2.40. The van der Waals surface area contributed by atoms with Crippen molar-refractivity contribution in [2.45, 2.75) is 36.0 Å². The van der Waals surface area contributed by atoms with Gasteiger partial charge in [0, 0.05) is 30.4 Å². The quantitative estimate of drug-likeness (QED) is 0.585. The van der Waals surface area contributed by atoms with E-state index in [1.54, 1.807) is 12.1 Å². The van der Waals surface area contributed by atoms with E-state index in [0.29, 0.717) is 17.5 Å². The molecule has 0 aromatic heterocycles. The van der Waals surface area contributed by atoms with E-state index >= 15 is 0 Å². The molecule has 5 rings (SSSR count). The molecule has 0 bridgehead atoms. The maximum Gasteiger partial charge on any atom is 0.176 e. The van der Waals surface area contributed by atoms with Gasteiger partial charge in [0.2, 0.25) is 0 Å². The van der Waals surface area contributed by atoms with E-state index in [1.165, 1.54) is 24.1 Å². The standard InChI is InChI=1S/C26H28N2O2S/c29-23-13-11-20(12-14-23)15-17-27-16-5-7-22(27)18-28-24-8-2-1-6-21(24)19-31(30)26-10-4-3-9-25(26)28/h1-4,6,8-14,22,29H,5,7,15-19H2. The largest absolute Gasteiger partial charge is 0.611 e. The van der Waals surface area contributed by atoms with Crippen LogP contribution in [0.4, 0.5) is 11.4 Å². The first-order valence-electron chi connectivity index (χ1n) is 11.0. The highest BCUT2D eigenvalue weighted by Gasteiger charge is 2.32. The van der Waals surface area contributed by atoms with Crippen LogP contribution in [0.1, 0.15) is 24.0 Å². The van der Waals surface area contributed by atoms with E-state index < -0.39 is 11.2 Å². The number of phenols is 1. The Morgan fingerprint density at radius 1 is 0.935 bits per heavy atom. The van der Waals surface area contributed by atoms with Gasteiger partial charge >= 0.3 is 0 Å². The zero-order valence-corrected chi connectivity index (χ0v) is 18.4. The van der Waals surface area contributed by atoms with E-state index in [-0.39, 0.29) is 0 Å². The molecule has 0 aliphatic carbocycles. The van der Waals surface area contributed by atoms with Crippen LogP contribution in [0, 0.1) is 0 Å². The number of likely N-dealkylation sites (tertiary alicyclic amines) is 1. The molecule has 2 atom stereocenters. The molecule has 0 spiro atoms. The molecule has 2 unspecified atom stereocenters. The molecule has 3 aromatic carbocycles. The molecule has 0 saturated carbocycles. The second kappa shape index (κ2) is 8.95. The fourth-order valence-electron chi connectivity index (χ4n) is 4.86. The average Bonchev–Trinajstić information content (AvgIpc) is 3.20. The van der Waals surface area contributed by atoms with Crippen molar-refractivity contribution in [1.82, 2.24) is 4.90 Å². The van der Waals surface area contributed by atoms with Gasteiger partial charge in [0.05, 0.1) is 5.69 Å². The summed E-state index contributed by atoms with van der Waals surface area (Å²) in [5.41, 5.74) is 4.68. The number of anilines is 2. The molecule has 2 aliphatic rings. The van der Waals surface area contributed by atoms with Crippen molar-refractivity contribution < 1.29 is 9.66 Å². The summed E-state index contributed by atoms with van der Waals surface area (Å²) in [5, 5.41) is 9.53. The fourth-order valence-corrected chi connectivity index (χ4v) is 6.18. The minimum atomic E-state index is -1.03. The number of para-hydroxylation sites is 2. The predicted molar refractivity (Wildman–Crippen MR) is 126 cm³/mol. The van der Waals surface area contributed by atoms with Crippen molar-refractivity contribution in [2.24, 2.45) is 0 Å². The minimum absolute atomic E-state index is 0.318. The van der Waals surface area contributed by atoms with Crippen LogP contribution in [0.5, 0.6) is 5.75 Å². The van der Waals surface area contributed by atoms with E-state index in [0.717, 1.165) is 42.2 Å². The van der Waals surface area contributed by atoms with Crippen molar-refractivity contribution in [3.63, 3.8) is 0 Å². The Bertz CT molecular complexity index is 1040. The molecular weight excluding hydrogens is 404 g/mol. The van der Waals surface area contributed by atoms with Crippen LogP contribution < -0.4 is 4.90 Å². The third kappa shape index (κ3) is 4.31. The van der Waals surface area contributed by atoms with Crippen LogP contribution in [0.15, 0.2) is 77.7 Å². The molecule has 4 nitrogen and oxygen atoms in total. The Morgan fingerprint density at radius 3 is 2.52 bits per heavy atom. The van der Waals surface area contributed by atoms with Crippen LogP contribution in [-0.2, 0) is 23.3 Å². The third-order valence-corrected chi connectivity index (χ3v) is 7.90. The number of hydrogen-bond acceptors (Lipinski definition) is 4. The molecule has 0 amide bonds. The summed E-state index contributed by atoms with van der Waals surface area (Å²) >= 11 is -1.03. The summed E-state index contributed by atoms with van der Waals surface area (Å²) in [6.45, 7) is 3.03. The Morgan fingerprint density at radius 2 is 1.68 bits per heavy atom. The number of nitrogens with zero attached hydrogens (tertiary/aromatic N) is 2. The molecular formula is C26H28N2O2S. The maximum absolute atomic E-state index is 13.1. The molecule has 3 aromatic rings. The summed E-state index contributed by atoms with van der Waals surface area (Å²) in [4.78, 5) is 5.94. The topological polar surface area (TPSA) is 49.8 Å². The Labute approximate surface area is 187 Å². The molecule has 1 fully saturated rings. The summed E-state index contributed by atoms with van der Waals surface area (Å²) in [5.74, 6) is 0.887. The fraction of sp³-hybridized carbons (Fsp3) is 0.308. The number of rotatable bonds is 5. The lowest BCUT2D eigenvalue weighted by atomic mass is 10.1. The van der Waals surface area contributed by atoms with Crippen LogP contribution in [-0.4, -0.2) is 40.2 Å². The summed E-state index contributed by atoms with van der Waals surface area (Å²) in [7, 11) is 0. The molecule has 1 N–H and O–H groups in total. The zero-order chi connectivity index (χ0) is 21.2. The summed E-state index contributed by atoms with van der Waals surface area (Å²) < 4.78 is 13.1. The van der Waals surface area contributed by atoms with E-state index in [2.05, 4.69) is 34.1 Å². The number of fused-ring (bicyclic) bond motifs is 2. The van der Waals surface area contributed by atoms with Gasteiger partial charge < -0.3 is 14.6 Å². The first kappa shape index (κ1) is 20.4. The van der Waals surface area contributed by atoms with Crippen molar-refractivity contribution in [2.75, 3.05) is 24.5 Å².